The molecular weight excluding hydrogens is 444 g/mol. The fourth-order valence-corrected chi connectivity index (χ4v) is 44.2. The Morgan fingerprint density at radius 1 is 0.759 bits per heavy atom. The zero-order chi connectivity index (χ0) is 20.3. The predicted octanol–water partition coefficient (Wildman–Crippen LogP) is 7.01. The van der Waals surface area contributed by atoms with Crippen LogP contribution in [0.25, 0.3) is 11.1 Å². The van der Waals surface area contributed by atoms with Gasteiger partial charge in [-0.1, -0.05) is 0 Å². The molecule has 0 spiro atoms. The van der Waals surface area contributed by atoms with Gasteiger partial charge in [-0.2, -0.15) is 0 Å². The van der Waals surface area contributed by atoms with Crippen LogP contribution in [0.15, 0.2) is 91.1 Å². The van der Waals surface area contributed by atoms with E-state index < -0.39 is 24.3 Å². The summed E-state index contributed by atoms with van der Waals surface area (Å²) in [5.74, 6) is 0. The van der Waals surface area contributed by atoms with Crippen LogP contribution in [-0.2, 0) is 25.3 Å². The van der Waals surface area contributed by atoms with Crippen LogP contribution in [0.1, 0.15) is 26.4 Å². The van der Waals surface area contributed by atoms with E-state index in [4.69, 9.17) is 0 Å². The SMILES string of the molecule is C[Si](C)=[Zr]([c]1cccc2c1Cc1ccccc1-2)([C]1(C)C=CC=C1)[C]1(C)C=CC=C1.[H-]. The van der Waals surface area contributed by atoms with Crippen LogP contribution in [0.3, 0.4) is 0 Å². The van der Waals surface area contributed by atoms with Crippen molar-refractivity contribution in [3.8, 4) is 11.1 Å². The zero-order valence-electron chi connectivity index (χ0n) is 18.9. The maximum atomic E-state index is 2.61. The molecule has 29 heavy (non-hydrogen) atoms. The van der Waals surface area contributed by atoms with E-state index in [0.717, 1.165) is 6.42 Å². The number of allylic oxidation sites excluding steroid dienone is 8. The third kappa shape index (κ3) is 2.52. The monoisotopic (exact) mass is 472 g/mol. The van der Waals surface area contributed by atoms with Crippen LogP contribution >= 0.6 is 0 Å². The van der Waals surface area contributed by atoms with Gasteiger partial charge in [-0.3, -0.25) is 0 Å². The molecule has 3 aliphatic rings. The van der Waals surface area contributed by atoms with Gasteiger partial charge in [0.2, 0.25) is 0 Å². The van der Waals surface area contributed by atoms with Crippen molar-refractivity contribution in [2.24, 2.45) is 0 Å². The molecule has 0 saturated heterocycles. The molecule has 0 atom stereocenters. The quantitative estimate of drug-likeness (QED) is 0.359. The van der Waals surface area contributed by atoms with Crippen molar-refractivity contribution in [1.82, 2.24) is 0 Å². The molecule has 2 heteroatoms. The summed E-state index contributed by atoms with van der Waals surface area (Å²) in [6, 6.07) is 16.3. The van der Waals surface area contributed by atoms with Gasteiger partial charge in [-0.05, 0) is 0 Å². The van der Waals surface area contributed by atoms with Gasteiger partial charge in [0.25, 0.3) is 0 Å². The zero-order valence-corrected chi connectivity index (χ0v) is 21.3. The predicted molar refractivity (Wildman–Crippen MR) is 126 cm³/mol. The Kier molecular flexibility index (Phi) is 4.53. The summed E-state index contributed by atoms with van der Waals surface area (Å²) >= 11 is -3.14. The summed E-state index contributed by atoms with van der Waals surface area (Å²) < 4.78 is 2.16. The van der Waals surface area contributed by atoms with Crippen LogP contribution in [0.2, 0.25) is 19.3 Å². The molecule has 0 radical (unpaired) electrons. The second-order valence-corrected chi connectivity index (χ2v) is 33.5. The number of rotatable bonds is 3. The van der Waals surface area contributed by atoms with Gasteiger partial charge in [-0.25, -0.2) is 0 Å². The van der Waals surface area contributed by atoms with Crippen LogP contribution in [0.4, 0.5) is 0 Å². The third-order valence-electron chi connectivity index (χ3n) is 7.61. The molecule has 0 heterocycles. The normalized spacial score (nSPS) is 19.6. The molecular formula is C27H30SiZr-. The van der Waals surface area contributed by atoms with E-state index >= 15 is 0 Å². The standard InChI is InChI=1S/C13H9.2C6H7.C2H6Si.Zr.H/c1-3-7-12-10(5-1)9-11-6-2-4-8-13(11)12;2*1-6-4-2-3-5-6;1-3-2;;/h1-5,7-8H,9H2;2*2-5H,1H3;1-2H3;;/q;;;;;-1. The molecule has 0 aromatic heterocycles. The Balaban J connectivity index is 0.00000218. The van der Waals surface area contributed by atoms with Gasteiger partial charge in [0.05, 0.1) is 0 Å². The summed E-state index contributed by atoms with van der Waals surface area (Å²) in [7, 11) is 0. The van der Waals surface area contributed by atoms with Crippen LogP contribution in [-0.4, -0.2) is 5.43 Å². The van der Waals surface area contributed by atoms with Crippen molar-refractivity contribution in [3.63, 3.8) is 0 Å². The van der Waals surface area contributed by atoms with Gasteiger partial charge >= 0.3 is 181 Å². The van der Waals surface area contributed by atoms with Gasteiger partial charge in [-0.15, -0.1) is 0 Å². The maximum Gasteiger partial charge on any atom is -1.00 e. The van der Waals surface area contributed by atoms with E-state index in [1.807, 2.05) is 0 Å². The van der Waals surface area contributed by atoms with E-state index in [0.29, 0.717) is 0 Å². The molecule has 0 unspecified atom stereocenters. The second kappa shape index (κ2) is 6.76. The average Bonchev–Trinajstić information content (AvgIpc) is 3.42. The number of hydrogen-bond donors (Lipinski definition) is 0. The first-order valence-corrected chi connectivity index (χ1v) is 20.6. The Morgan fingerprint density at radius 2 is 1.31 bits per heavy atom. The largest absolute Gasteiger partial charge is 1.00 e. The first kappa shape index (κ1) is 19.5. The molecule has 2 aromatic rings. The van der Waals surface area contributed by atoms with Crippen molar-refractivity contribution in [2.45, 2.75) is 39.6 Å². The summed E-state index contributed by atoms with van der Waals surface area (Å²) in [5, 5.41) is 0. The van der Waals surface area contributed by atoms with E-state index in [1.165, 1.54) is 16.7 Å². The molecule has 0 fully saturated rings. The number of fused-ring (bicyclic) bond motifs is 3. The van der Waals surface area contributed by atoms with Gasteiger partial charge in [0.1, 0.15) is 0 Å². The summed E-state index contributed by atoms with van der Waals surface area (Å²) in [5.41, 5.74) is 5.52. The van der Waals surface area contributed by atoms with Gasteiger partial charge in [0.15, 0.2) is 0 Å². The Labute approximate surface area is 181 Å². The second-order valence-electron chi connectivity index (χ2n) is 9.42. The van der Waals surface area contributed by atoms with Crippen molar-refractivity contribution in [2.75, 3.05) is 0 Å². The van der Waals surface area contributed by atoms with Crippen molar-refractivity contribution < 1.29 is 20.3 Å². The van der Waals surface area contributed by atoms with Crippen molar-refractivity contribution in [3.05, 3.63) is 102 Å². The van der Waals surface area contributed by atoms with Gasteiger partial charge in [0, 0.05) is 0 Å². The fraction of sp³-hybridized carbons (Fsp3) is 0.259. The van der Waals surface area contributed by atoms with E-state index in [-0.39, 0.29) is 7.67 Å². The minimum Gasteiger partial charge on any atom is -1.00 e. The Morgan fingerprint density at radius 3 is 1.90 bits per heavy atom. The molecule has 0 bridgehead atoms. The number of hydrogen-bond acceptors (Lipinski definition) is 0. The minimum atomic E-state index is -3.14. The number of benzene rings is 2. The van der Waals surface area contributed by atoms with Crippen molar-refractivity contribution in [1.29, 1.82) is 0 Å². The third-order valence-corrected chi connectivity index (χ3v) is 40.9. The van der Waals surface area contributed by atoms with E-state index in [1.54, 1.807) is 8.83 Å². The maximum absolute atomic E-state index is 3.14. The van der Waals surface area contributed by atoms with Crippen LogP contribution in [0, 0.1) is 0 Å². The first-order valence-electron chi connectivity index (χ1n) is 10.7. The first-order chi connectivity index (χ1) is 13.9. The Bertz CT molecular complexity index is 1130. The summed E-state index contributed by atoms with van der Waals surface area (Å²) in [6.45, 7) is 10.3. The molecule has 0 N–H and O–H groups in total. The van der Waals surface area contributed by atoms with Crippen molar-refractivity contribution >= 4 is 8.70 Å². The molecule has 0 saturated carbocycles. The van der Waals surface area contributed by atoms with Crippen LogP contribution < -0.4 is 3.27 Å². The average molecular weight is 474 g/mol. The summed E-state index contributed by atoms with van der Waals surface area (Å²) in [6.07, 6.45) is 20.5. The van der Waals surface area contributed by atoms with E-state index in [9.17, 15) is 0 Å². The molecule has 5 rings (SSSR count). The Hall–Kier alpha value is -1.50. The molecule has 147 valence electrons. The minimum absolute atomic E-state index is 0. The smallest absolute Gasteiger partial charge is 1.00 e. The van der Waals surface area contributed by atoms with E-state index in [2.05, 4.69) is 118 Å². The molecule has 0 nitrogen and oxygen atoms in total. The fourth-order valence-electron chi connectivity index (χ4n) is 6.65. The molecule has 2 aromatic carbocycles. The molecule has 3 aliphatic carbocycles. The molecule has 0 amide bonds. The van der Waals surface area contributed by atoms with Gasteiger partial charge < -0.3 is 1.43 Å². The summed E-state index contributed by atoms with van der Waals surface area (Å²) in [4.78, 5) is 0. The molecule has 0 aliphatic heterocycles. The topological polar surface area (TPSA) is 0 Å². The van der Waals surface area contributed by atoms with Crippen LogP contribution in [0.5, 0.6) is 0 Å².